The van der Waals surface area contributed by atoms with Gasteiger partial charge in [0.15, 0.2) is 0 Å². The predicted molar refractivity (Wildman–Crippen MR) is 95.2 cm³/mol. The number of hydrogen-bond acceptors (Lipinski definition) is 3. The van der Waals surface area contributed by atoms with Crippen LogP contribution in [-0.2, 0) is 18.3 Å². The van der Waals surface area contributed by atoms with Crippen LogP contribution in [0.4, 0.5) is 0 Å². The topological polar surface area (TPSA) is 49.7 Å². The number of hydrogen-bond donors (Lipinski definition) is 1. The number of nitroso groups, excluding NO2 is 1. The van der Waals surface area contributed by atoms with Gasteiger partial charge in [0.25, 0.3) is 0 Å². The van der Waals surface area contributed by atoms with Gasteiger partial charge in [-0.2, -0.15) is 4.91 Å². The largest absolute Gasteiger partial charge is 0.508 e. The Morgan fingerprint density at radius 1 is 1.12 bits per heavy atom. The zero-order valence-electron chi connectivity index (χ0n) is 13.8. The van der Waals surface area contributed by atoms with Crippen molar-refractivity contribution in [1.29, 1.82) is 0 Å². The first-order chi connectivity index (χ1) is 11.7. The van der Waals surface area contributed by atoms with E-state index >= 15 is 0 Å². The van der Waals surface area contributed by atoms with Crippen molar-refractivity contribution in [3.63, 3.8) is 0 Å². The SMILES string of the molecule is O=NC1CC[C@@]2(Cc3ccccc3)c3ccc(O)cc3CCC2C1. The molecule has 0 radical (unpaired) electrons. The summed E-state index contributed by atoms with van der Waals surface area (Å²) in [6, 6.07) is 16.5. The van der Waals surface area contributed by atoms with Gasteiger partial charge in [-0.25, -0.2) is 0 Å². The summed E-state index contributed by atoms with van der Waals surface area (Å²) < 4.78 is 0. The number of rotatable bonds is 3. The second-order valence-corrected chi connectivity index (χ2v) is 7.43. The van der Waals surface area contributed by atoms with E-state index in [2.05, 4.69) is 41.6 Å². The quantitative estimate of drug-likeness (QED) is 0.829. The normalized spacial score (nSPS) is 28.7. The molecule has 1 saturated carbocycles. The minimum absolute atomic E-state index is 0.0300. The van der Waals surface area contributed by atoms with Crippen LogP contribution in [0.5, 0.6) is 5.75 Å². The Bertz CT molecular complexity index is 743. The third kappa shape index (κ3) is 2.52. The molecule has 0 spiro atoms. The van der Waals surface area contributed by atoms with Gasteiger partial charge in [-0.05, 0) is 73.3 Å². The fourth-order valence-electron chi connectivity index (χ4n) is 5.04. The van der Waals surface area contributed by atoms with Crippen molar-refractivity contribution in [3.05, 3.63) is 70.1 Å². The Morgan fingerprint density at radius 2 is 1.96 bits per heavy atom. The van der Waals surface area contributed by atoms with Gasteiger partial charge >= 0.3 is 0 Å². The van der Waals surface area contributed by atoms with Crippen molar-refractivity contribution in [3.8, 4) is 5.75 Å². The van der Waals surface area contributed by atoms with Crippen LogP contribution in [0.15, 0.2) is 53.7 Å². The molecular weight excluding hydrogens is 298 g/mol. The van der Waals surface area contributed by atoms with Crippen LogP contribution in [0.1, 0.15) is 42.4 Å². The minimum Gasteiger partial charge on any atom is -0.508 e. The maximum atomic E-state index is 11.1. The van der Waals surface area contributed by atoms with Crippen LogP contribution >= 0.6 is 0 Å². The number of fused-ring (bicyclic) bond motifs is 3. The molecule has 2 aliphatic rings. The van der Waals surface area contributed by atoms with E-state index in [9.17, 15) is 10.0 Å². The van der Waals surface area contributed by atoms with Crippen molar-refractivity contribution >= 4 is 0 Å². The van der Waals surface area contributed by atoms with Gasteiger partial charge in [0, 0.05) is 5.41 Å². The molecule has 2 aromatic rings. The zero-order chi connectivity index (χ0) is 16.6. The van der Waals surface area contributed by atoms with Crippen molar-refractivity contribution in [2.24, 2.45) is 11.1 Å². The fraction of sp³-hybridized carbons (Fsp3) is 0.429. The average molecular weight is 321 g/mol. The van der Waals surface area contributed by atoms with E-state index in [1.54, 1.807) is 0 Å². The molecule has 3 nitrogen and oxygen atoms in total. The van der Waals surface area contributed by atoms with Gasteiger partial charge in [-0.15, -0.1) is 0 Å². The van der Waals surface area contributed by atoms with E-state index < -0.39 is 0 Å². The number of phenolic OH excluding ortho intramolecular Hbond substituents is 1. The number of nitrogens with zero attached hydrogens (tertiary/aromatic N) is 1. The Hall–Kier alpha value is -2.16. The third-order valence-corrected chi connectivity index (χ3v) is 6.16. The van der Waals surface area contributed by atoms with E-state index in [1.165, 1.54) is 16.7 Å². The second-order valence-electron chi connectivity index (χ2n) is 7.43. The van der Waals surface area contributed by atoms with Gasteiger partial charge in [0.05, 0.1) is 6.04 Å². The van der Waals surface area contributed by atoms with Crippen LogP contribution in [-0.4, -0.2) is 11.1 Å². The minimum atomic E-state index is -0.0300. The number of aromatic hydroxyl groups is 1. The highest BCUT2D eigenvalue weighted by atomic mass is 16.3. The molecule has 3 atom stereocenters. The summed E-state index contributed by atoms with van der Waals surface area (Å²) in [5, 5.41) is 13.2. The molecule has 0 aliphatic heterocycles. The van der Waals surface area contributed by atoms with E-state index in [0.717, 1.165) is 38.5 Å². The van der Waals surface area contributed by atoms with Gasteiger partial charge in [-0.3, -0.25) is 0 Å². The fourth-order valence-corrected chi connectivity index (χ4v) is 5.04. The summed E-state index contributed by atoms with van der Waals surface area (Å²) in [6.45, 7) is 0. The third-order valence-electron chi connectivity index (χ3n) is 6.16. The van der Waals surface area contributed by atoms with Gasteiger partial charge < -0.3 is 5.11 Å². The molecule has 0 bridgehead atoms. The van der Waals surface area contributed by atoms with Gasteiger partial charge in [-0.1, -0.05) is 41.6 Å². The van der Waals surface area contributed by atoms with E-state index in [4.69, 9.17) is 0 Å². The molecular formula is C21H23NO2. The molecule has 0 amide bonds. The smallest absolute Gasteiger partial charge is 0.115 e. The first kappa shape index (κ1) is 15.4. The summed E-state index contributed by atoms with van der Waals surface area (Å²) >= 11 is 0. The maximum Gasteiger partial charge on any atom is 0.115 e. The lowest BCUT2D eigenvalue weighted by molar-refractivity contribution is 0.143. The summed E-state index contributed by atoms with van der Waals surface area (Å²) in [5.74, 6) is 0.844. The zero-order valence-corrected chi connectivity index (χ0v) is 13.8. The lowest BCUT2D eigenvalue weighted by atomic mass is 9.54. The van der Waals surface area contributed by atoms with Gasteiger partial charge in [0.2, 0.25) is 0 Å². The highest BCUT2D eigenvalue weighted by Crippen LogP contribution is 2.52. The highest BCUT2D eigenvalue weighted by molar-refractivity contribution is 5.44. The van der Waals surface area contributed by atoms with Crippen LogP contribution in [0.2, 0.25) is 0 Å². The Morgan fingerprint density at radius 3 is 2.75 bits per heavy atom. The highest BCUT2D eigenvalue weighted by Gasteiger charge is 2.47. The lowest BCUT2D eigenvalue weighted by Crippen LogP contribution is -2.46. The first-order valence-corrected chi connectivity index (χ1v) is 8.90. The summed E-state index contributed by atoms with van der Waals surface area (Å²) in [4.78, 5) is 11.1. The molecule has 0 heterocycles. The number of phenols is 1. The molecule has 4 rings (SSSR count). The standard InChI is InChI=1S/C21H23NO2/c23-19-8-9-20-16(12-19)6-7-17-13-18(22-24)10-11-21(17,20)14-15-4-2-1-3-5-15/h1-5,8-9,12,17-18,23H,6-7,10-11,13-14H2/t17?,18?,21-/m0/s1. The van der Waals surface area contributed by atoms with E-state index in [0.29, 0.717) is 11.7 Å². The number of benzene rings is 2. The average Bonchev–Trinajstić information content (AvgIpc) is 2.61. The molecule has 124 valence electrons. The molecule has 3 heteroatoms. The van der Waals surface area contributed by atoms with Crippen LogP contribution in [0.25, 0.3) is 0 Å². The monoisotopic (exact) mass is 321 g/mol. The van der Waals surface area contributed by atoms with Crippen LogP contribution in [0.3, 0.4) is 0 Å². The lowest BCUT2D eigenvalue weighted by Gasteiger charge is -2.50. The molecule has 0 aromatic heterocycles. The molecule has 1 N–H and O–H groups in total. The summed E-state index contributed by atoms with van der Waals surface area (Å²) in [7, 11) is 0. The summed E-state index contributed by atoms with van der Waals surface area (Å²) in [6.07, 6.45) is 5.83. The first-order valence-electron chi connectivity index (χ1n) is 8.90. The van der Waals surface area contributed by atoms with Crippen molar-refractivity contribution in [1.82, 2.24) is 0 Å². The second kappa shape index (κ2) is 6.04. The van der Waals surface area contributed by atoms with Crippen LogP contribution < -0.4 is 0 Å². The Balaban J connectivity index is 1.79. The predicted octanol–water partition coefficient (Wildman–Crippen LogP) is 4.75. The van der Waals surface area contributed by atoms with Gasteiger partial charge in [0.1, 0.15) is 5.75 Å². The van der Waals surface area contributed by atoms with Crippen molar-refractivity contribution in [2.75, 3.05) is 0 Å². The maximum absolute atomic E-state index is 11.1. The van der Waals surface area contributed by atoms with Crippen molar-refractivity contribution < 1.29 is 5.11 Å². The van der Waals surface area contributed by atoms with E-state index in [-0.39, 0.29) is 11.5 Å². The molecule has 0 saturated heterocycles. The molecule has 24 heavy (non-hydrogen) atoms. The molecule has 2 unspecified atom stereocenters. The number of aryl methyl sites for hydroxylation is 1. The van der Waals surface area contributed by atoms with Crippen molar-refractivity contribution in [2.45, 2.75) is 50.0 Å². The Labute approximate surface area is 142 Å². The molecule has 2 aromatic carbocycles. The Kier molecular flexibility index (Phi) is 3.87. The molecule has 2 aliphatic carbocycles. The van der Waals surface area contributed by atoms with Crippen LogP contribution in [0, 0.1) is 10.8 Å². The summed E-state index contributed by atoms with van der Waals surface area (Å²) in [5.41, 5.74) is 4.08. The molecule has 1 fully saturated rings. The van der Waals surface area contributed by atoms with E-state index in [1.807, 2.05) is 12.1 Å².